The molecule has 3 nitrogen and oxygen atoms in total. The maximum absolute atomic E-state index is 6.17. The largest absolute Gasteiger partial charge is 0.454 e. The van der Waals surface area contributed by atoms with Crippen molar-refractivity contribution in [3.63, 3.8) is 0 Å². The van der Waals surface area contributed by atoms with E-state index in [2.05, 4.69) is 52.4 Å². The average Bonchev–Trinajstić information content (AvgIpc) is 2.76. The van der Waals surface area contributed by atoms with E-state index in [1.807, 2.05) is 36.8 Å². The predicted molar refractivity (Wildman–Crippen MR) is 109 cm³/mol. The monoisotopic (exact) mass is 360 g/mol. The third-order valence-electron chi connectivity index (χ3n) is 5.52. The molecule has 1 aliphatic heterocycles. The number of ether oxygens (including phenoxy) is 1. The lowest BCUT2D eigenvalue weighted by Crippen LogP contribution is -2.11. The fraction of sp³-hybridized carbons (Fsp3) is 0.0400. The van der Waals surface area contributed by atoms with Crippen LogP contribution in [-0.4, -0.2) is 9.97 Å². The fourth-order valence-electron chi connectivity index (χ4n) is 4.31. The highest BCUT2D eigenvalue weighted by Gasteiger charge is 2.29. The van der Waals surface area contributed by atoms with Crippen LogP contribution in [0.15, 0.2) is 85.5 Å². The molecule has 0 unspecified atom stereocenters. The summed E-state index contributed by atoms with van der Waals surface area (Å²) in [7, 11) is 0. The molecule has 4 aromatic rings. The minimum Gasteiger partial charge on any atom is -0.454 e. The van der Waals surface area contributed by atoms with Crippen molar-refractivity contribution in [2.45, 2.75) is 6.42 Å². The van der Waals surface area contributed by atoms with E-state index in [9.17, 15) is 0 Å². The average molecular weight is 360 g/mol. The number of fused-ring (bicyclic) bond motifs is 4. The number of para-hydroxylation sites is 1. The highest BCUT2D eigenvalue weighted by molar-refractivity contribution is 6.09. The zero-order valence-electron chi connectivity index (χ0n) is 15.1. The first-order valence-electron chi connectivity index (χ1n) is 9.37. The highest BCUT2D eigenvalue weighted by Crippen LogP contribution is 2.49. The van der Waals surface area contributed by atoms with Gasteiger partial charge in [-0.1, -0.05) is 42.5 Å². The summed E-state index contributed by atoms with van der Waals surface area (Å²) in [5.74, 6) is 1.66. The van der Waals surface area contributed by atoms with Crippen molar-refractivity contribution in [3.8, 4) is 11.5 Å². The molecule has 0 spiro atoms. The lowest BCUT2D eigenvalue weighted by Gasteiger charge is -2.29. The van der Waals surface area contributed by atoms with Gasteiger partial charge in [0.1, 0.15) is 5.75 Å². The van der Waals surface area contributed by atoms with Gasteiger partial charge in [0.25, 0.3) is 0 Å². The van der Waals surface area contributed by atoms with E-state index in [4.69, 9.17) is 4.74 Å². The first-order valence-corrected chi connectivity index (χ1v) is 9.37. The summed E-state index contributed by atoms with van der Waals surface area (Å²) < 4.78 is 6.17. The van der Waals surface area contributed by atoms with Crippen molar-refractivity contribution in [1.82, 2.24) is 9.97 Å². The number of hydrogen-bond donors (Lipinski definition) is 0. The fourth-order valence-corrected chi connectivity index (χ4v) is 4.31. The Hall–Kier alpha value is -3.72. The zero-order chi connectivity index (χ0) is 18.5. The highest BCUT2D eigenvalue weighted by atomic mass is 16.5. The van der Waals surface area contributed by atoms with Gasteiger partial charge in [-0.3, -0.25) is 9.97 Å². The predicted octanol–water partition coefficient (Wildman–Crippen LogP) is 5.49. The van der Waals surface area contributed by atoms with Gasteiger partial charge >= 0.3 is 0 Å². The van der Waals surface area contributed by atoms with Crippen LogP contribution in [0.5, 0.6) is 11.5 Å². The molecule has 6 rings (SSSR count). The summed E-state index contributed by atoms with van der Waals surface area (Å²) in [6, 6.07) is 21.1. The molecule has 0 saturated heterocycles. The smallest absolute Gasteiger partial charge is 0.153 e. The van der Waals surface area contributed by atoms with Crippen LogP contribution in [0, 0.1) is 0 Å². The maximum atomic E-state index is 6.17. The maximum Gasteiger partial charge on any atom is 0.153 e. The first-order chi connectivity index (χ1) is 13.9. The Labute approximate surface area is 163 Å². The van der Waals surface area contributed by atoms with Gasteiger partial charge in [0, 0.05) is 41.7 Å². The summed E-state index contributed by atoms with van der Waals surface area (Å²) in [5.41, 5.74) is 9.70. The van der Waals surface area contributed by atoms with E-state index in [0.717, 1.165) is 29.0 Å². The molecule has 0 amide bonds. The molecule has 2 aliphatic rings. The van der Waals surface area contributed by atoms with Crippen LogP contribution in [0.3, 0.4) is 0 Å². The molecule has 1 aliphatic carbocycles. The van der Waals surface area contributed by atoms with Crippen molar-refractivity contribution in [1.29, 1.82) is 0 Å². The Kier molecular flexibility index (Phi) is 3.23. The van der Waals surface area contributed by atoms with Crippen LogP contribution in [0.2, 0.25) is 0 Å². The summed E-state index contributed by atoms with van der Waals surface area (Å²) >= 11 is 0. The molecule has 0 radical (unpaired) electrons. The molecular formula is C25H16N2O. The Balaban J connectivity index is 1.80. The van der Waals surface area contributed by atoms with Crippen molar-refractivity contribution in [2.75, 3.05) is 0 Å². The van der Waals surface area contributed by atoms with E-state index < -0.39 is 0 Å². The number of pyridine rings is 2. The normalized spacial score (nSPS) is 16.3. The van der Waals surface area contributed by atoms with Crippen LogP contribution < -0.4 is 4.74 Å². The van der Waals surface area contributed by atoms with Crippen LogP contribution in [0.25, 0.3) is 11.1 Å². The summed E-state index contributed by atoms with van der Waals surface area (Å²) in [6.45, 7) is 0. The summed E-state index contributed by atoms with van der Waals surface area (Å²) in [6.07, 6.45) is 8.40. The summed E-state index contributed by atoms with van der Waals surface area (Å²) in [4.78, 5) is 8.66. The third-order valence-corrected chi connectivity index (χ3v) is 5.52. The van der Waals surface area contributed by atoms with Crippen molar-refractivity contribution >= 4 is 11.1 Å². The Morgan fingerprint density at radius 3 is 2.14 bits per heavy atom. The molecule has 3 heterocycles. The number of benzene rings is 2. The third kappa shape index (κ3) is 2.16. The van der Waals surface area contributed by atoms with E-state index in [0.29, 0.717) is 0 Å². The Morgan fingerprint density at radius 1 is 0.571 bits per heavy atom. The standard InChI is InChI=1S/C25H16N2O/c1-2-6-18-16(5-1)13-17-14-26-11-9-19(17)24(18)25-20-7-3-4-8-22(20)28-23-15-27-12-10-21(23)25/h1-12,14-15H,13H2/b25-24-. The van der Waals surface area contributed by atoms with Crippen molar-refractivity contribution < 1.29 is 4.74 Å². The number of nitrogens with zero attached hydrogens (tertiary/aromatic N) is 2. The van der Waals surface area contributed by atoms with Crippen LogP contribution in [-0.2, 0) is 6.42 Å². The molecule has 0 fully saturated rings. The topological polar surface area (TPSA) is 35.0 Å². The van der Waals surface area contributed by atoms with Crippen LogP contribution in [0.4, 0.5) is 0 Å². The van der Waals surface area contributed by atoms with Gasteiger partial charge in [-0.2, -0.15) is 0 Å². The van der Waals surface area contributed by atoms with Gasteiger partial charge in [-0.05, 0) is 46.0 Å². The second-order valence-electron chi connectivity index (χ2n) is 7.09. The number of rotatable bonds is 0. The lowest BCUT2D eigenvalue weighted by molar-refractivity contribution is 0.472. The molecule has 0 bridgehead atoms. The van der Waals surface area contributed by atoms with Crippen molar-refractivity contribution in [3.05, 3.63) is 119 Å². The molecule has 2 aromatic carbocycles. The SMILES string of the molecule is c1ccc2c(c1)Cc1cnccc1/C2=C1/c2ccccc2Oc2cnccc21. The van der Waals surface area contributed by atoms with E-state index in [-0.39, 0.29) is 0 Å². The first kappa shape index (κ1) is 15.3. The quantitative estimate of drug-likeness (QED) is 0.359. The second-order valence-corrected chi connectivity index (χ2v) is 7.09. The van der Waals surface area contributed by atoms with Crippen LogP contribution in [0.1, 0.15) is 33.4 Å². The molecule has 0 N–H and O–H groups in total. The van der Waals surface area contributed by atoms with Gasteiger partial charge in [-0.25, -0.2) is 0 Å². The van der Waals surface area contributed by atoms with Crippen LogP contribution >= 0.6 is 0 Å². The molecular weight excluding hydrogens is 344 g/mol. The molecule has 0 saturated carbocycles. The van der Waals surface area contributed by atoms with Gasteiger partial charge in [0.15, 0.2) is 5.75 Å². The Morgan fingerprint density at radius 2 is 1.21 bits per heavy atom. The van der Waals surface area contributed by atoms with E-state index in [1.165, 1.54) is 33.4 Å². The summed E-state index contributed by atoms with van der Waals surface area (Å²) in [5, 5.41) is 0. The number of aromatic nitrogens is 2. The minimum atomic E-state index is 0.794. The lowest BCUT2D eigenvalue weighted by atomic mass is 9.77. The van der Waals surface area contributed by atoms with E-state index >= 15 is 0 Å². The second kappa shape index (κ2) is 5.89. The van der Waals surface area contributed by atoms with Gasteiger partial charge < -0.3 is 4.74 Å². The van der Waals surface area contributed by atoms with Crippen molar-refractivity contribution in [2.24, 2.45) is 0 Å². The van der Waals surface area contributed by atoms with Gasteiger partial charge in [0.2, 0.25) is 0 Å². The van der Waals surface area contributed by atoms with Gasteiger partial charge in [0.05, 0.1) is 6.20 Å². The van der Waals surface area contributed by atoms with E-state index in [1.54, 1.807) is 6.20 Å². The molecule has 2 aromatic heterocycles. The number of hydrogen-bond acceptors (Lipinski definition) is 3. The molecule has 3 heteroatoms. The Bertz CT molecular complexity index is 1080. The minimum absolute atomic E-state index is 0.794. The van der Waals surface area contributed by atoms with Gasteiger partial charge in [-0.15, -0.1) is 0 Å². The molecule has 132 valence electrons. The molecule has 28 heavy (non-hydrogen) atoms. The molecule has 0 atom stereocenters. The zero-order valence-corrected chi connectivity index (χ0v) is 15.1.